The fourth-order valence-electron chi connectivity index (χ4n) is 1.30. The molecule has 0 saturated carbocycles. The number of ether oxygens (including phenoxy) is 3. The monoisotopic (exact) mass is 240 g/mol. The van der Waals surface area contributed by atoms with Gasteiger partial charge in [0.05, 0.1) is 20.3 Å². The maximum Gasteiger partial charge on any atom is 0.335 e. The van der Waals surface area contributed by atoms with Crippen LogP contribution < -0.4 is 4.74 Å². The maximum atomic E-state index is 10.8. The highest BCUT2D eigenvalue weighted by Gasteiger charge is 2.17. The molecule has 1 rings (SSSR count). The van der Waals surface area contributed by atoms with Crippen LogP contribution in [0.4, 0.5) is 0 Å². The molecule has 1 atom stereocenters. The number of carboxylic acids is 1. The molecule has 5 nitrogen and oxygen atoms in total. The van der Waals surface area contributed by atoms with E-state index in [1.54, 1.807) is 13.2 Å². The third kappa shape index (κ3) is 4.42. The molecule has 0 aliphatic heterocycles. The fourth-order valence-corrected chi connectivity index (χ4v) is 1.30. The third-order valence-corrected chi connectivity index (χ3v) is 2.18. The molecule has 0 aromatic heterocycles. The Morgan fingerprint density at radius 1 is 1.41 bits per heavy atom. The average molecular weight is 240 g/mol. The van der Waals surface area contributed by atoms with Crippen LogP contribution in [-0.2, 0) is 20.9 Å². The maximum absolute atomic E-state index is 10.8. The molecule has 0 heterocycles. The number of carbonyl (C=O) groups is 1. The van der Waals surface area contributed by atoms with Crippen LogP contribution in [0.1, 0.15) is 5.56 Å². The van der Waals surface area contributed by atoms with Crippen molar-refractivity contribution in [3.63, 3.8) is 0 Å². The molecule has 0 saturated heterocycles. The van der Waals surface area contributed by atoms with Crippen LogP contribution in [0.25, 0.3) is 0 Å². The van der Waals surface area contributed by atoms with Crippen LogP contribution in [0.5, 0.6) is 5.75 Å². The van der Waals surface area contributed by atoms with Gasteiger partial charge in [0.2, 0.25) is 0 Å². The number of methoxy groups -OCH3 is 2. The molecule has 0 aliphatic rings. The number of carboxylic acid groups (broad SMARTS) is 1. The van der Waals surface area contributed by atoms with Gasteiger partial charge in [0.15, 0.2) is 6.10 Å². The summed E-state index contributed by atoms with van der Waals surface area (Å²) in [5.41, 5.74) is 0.853. The third-order valence-electron chi connectivity index (χ3n) is 2.18. The molecule has 0 aliphatic carbocycles. The first-order chi connectivity index (χ1) is 8.17. The number of rotatable bonds is 7. The van der Waals surface area contributed by atoms with Gasteiger partial charge in [-0.1, -0.05) is 12.1 Å². The van der Waals surface area contributed by atoms with E-state index in [1.165, 1.54) is 7.11 Å². The van der Waals surface area contributed by atoms with Crippen molar-refractivity contribution in [3.05, 3.63) is 29.8 Å². The highest BCUT2D eigenvalue weighted by Crippen LogP contribution is 2.13. The summed E-state index contributed by atoms with van der Waals surface area (Å²) in [5.74, 6) is -0.320. The molecular formula is C12H16O5. The molecule has 1 unspecified atom stereocenters. The van der Waals surface area contributed by atoms with Gasteiger partial charge in [-0.05, 0) is 17.7 Å². The van der Waals surface area contributed by atoms with Gasteiger partial charge in [-0.15, -0.1) is 0 Å². The quantitative estimate of drug-likeness (QED) is 0.778. The lowest BCUT2D eigenvalue weighted by Crippen LogP contribution is -2.28. The van der Waals surface area contributed by atoms with E-state index in [-0.39, 0.29) is 13.2 Å². The molecule has 5 heteroatoms. The lowest BCUT2D eigenvalue weighted by Gasteiger charge is -2.12. The van der Waals surface area contributed by atoms with Crippen LogP contribution in [0, 0.1) is 0 Å². The van der Waals surface area contributed by atoms with Crippen molar-refractivity contribution < 1.29 is 24.1 Å². The van der Waals surface area contributed by atoms with Crippen molar-refractivity contribution in [2.24, 2.45) is 0 Å². The van der Waals surface area contributed by atoms with Crippen LogP contribution in [0.2, 0.25) is 0 Å². The lowest BCUT2D eigenvalue weighted by atomic mass is 10.2. The van der Waals surface area contributed by atoms with Crippen LogP contribution in [0.15, 0.2) is 24.3 Å². The van der Waals surface area contributed by atoms with Crippen molar-refractivity contribution >= 4 is 5.97 Å². The minimum Gasteiger partial charge on any atom is -0.497 e. The largest absolute Gasteiger partial charge is 0.497 e. The molecule has 0 spiro atoms. The standard InChI is InChI=1S/C12H16O5/c1-15-8-11(12(13)14)17-7-9-4-3-5-10(6-9)16-2/h3-6,11H,7-8H2,1-2H3,(H,13,14). The smallest absolute Gasteiger partial charge is 0.335 e. The van der Waals surface area contributed by atoms with E-state index in [9.17, 15) is 4.79 Å². The molecule has 94 valence electrons. The van der Waals surface area contributed by atoms with Gasteiger partial charge >= 0.3 is 5.97 Å². The summed E-state index contributed by atoms with van der Waals surface area (Å²) >= 11 is 0. The molecule has 1 aromatic carbocycles. The van der Waals surface area contributed by atoms with Gasteiger partial charge in [-0.2, -0.15) is 0 Å². The van der Waals surface area contributed by atoms with E-state index in [2.05, 4.69) is 0 Å². The minimum atomic E-state index is -1.03. The molecule has 1 N–H and O–H groups in total. The molecule has 17 heavy (non-hydrogen) atoms. The van der Waals surface area contributed by atoms with Gasteiger partial charge in [-0.3, -0.25) is 0 Å². The Hall–Kier alpha value is -1.59. The van der Waals surface area contributed by atoms with Crippen molar-refractivity contribution in [2.75, 3.05) is 20.8 Å². The van der Waals surface area contributed by atoms with Crippen molar-refractivity contribution in [1.29, 1.82) is 0 Å². The summed E-state index contributed by atoms with van der Waals surface area (Å²) in [7, 11) is 3.01. The normalized spacial score (nSPS) is 12.1. The van der Waals surface area contributed by atoms with E-state index in [0.717, 1.165) is 5.56 Å². The second kappa shape index (κ2) is 6.88. The Bertz CT molecular complexity index is 364. The van der Waals surface area contributed by atoms with E-state index in [0.29, 0.717) is 5.75 Å². The summed E-state index contributed by atoms with van der Waals surface area (Å²) in [6.07, 6.45) is -0.953. The van der Waals surface area contributed by atoms with Gasteiger partial charge in [0, 0.05) is 7.11 Å². The number of aliphatic carboxylic acids is 1. The van der Waals surface area contributed by atoms with Crippen molar-refractivity contribution in [3.8, 4) is 5.75 Å². The summed E-state index contributed by atoms with van der Waals surface area (Å²) < 4.78 is 15.1. The summed E-state index contributed by atoms with van der Waals surface area (Å²) in [4.78, 5) is 10.8. The SMILES string of the molecule is COCC(OCc1cccc(OC)c1)C(=O)O. The average Bonchev–Trinajstić information content (AvgIpc) is 2.34. The van der Waals surface area contributed by atoms with Gasteiger partial charge in [-0.25, -0.2) is 4.79 Å². The van der Waals surface area contributed by atoms with Crippen LogP contribution in [0.3, 0.4) is 0 Å². The van der Waals surface area contributed by atoms with E-state index in [4.69, 9.17) is 19.3 Å². The van der Waals surface area contributed by atoms with E-state index < -0.39 is 12.1 Å². The molecule has 0 radical (unpaired) electrons. The highest BCUT2D eigenvalue weighted by atomic mass is 16.5. The predicted molar refractivity (Wildman–Crippen MR) is 61.1 cm³/mol. The molecule has 0 fully saturated rings. The van der Waals surface area contributed by atoms with E-state index in [1.807, 2.05) is 18.2 Å². The summed E-state index contributed by atoms with van der Waals surface area (Å²) in [6, 6.07) is 7.27. The second-order valence-corrected chi connectivity index (χ2v) is 3.44. The second-order valence-electron chi connectivity index (χ2n) is 3.44. The van der Waals surface area contributed by atoms with Crippen molar-refractivity contribution in [1.82, 2.24) is 0 Å². The molecular weight excluding hydrogens is 224 g/mol. The Labute approximate surface area is 99.9 Å². The zero-order valence-electron chi connectivity index (χ0n) is 9.88. The first kappa shape index (κ1) is 13.5. The first-order valence-electron chi connectivity index (χ1n) is 5.13. The number of hydrogen-bond acceptors (Lipinski definition) is 4. The van der Waals surface area contributed by atoms with Gasteiger partial charge < -0.3 is 19.3 Å². The highest BCUT2D eigenvalue weighted by molar-refractivity contribution is 5.72. The van der Waals surface area contributed by atoms with Gasteiger partial charge in [0.1, 0.15) is 5.75 Å². The molecule has 0 bridgehead atoms. The fraction of sp³-hybridized carbons (Fsp3) is 0.417. The topological polar surface area (TPSA) is 65.0 Å². The number of benzene rings is 1. The Morgan fingerprint density at radius 2 is 2.18 bits per heavy atom. The zero-order valence-corrected chi connectivity index (χ0v) is 9.88. The van der Waals surface area contributed by atoms with Crippen LogP contribution in [-0.4, -0.2) is 38.0 Å². The Kier molecular flexibility index (Phi) is 5.45. The Balaban J connectivity index is 2.55. The summed E-state index contributed by atoms with van der Waals surface area (Å²) in [6.45, 7) is 0.233. The van der Waals surface area contributed by atoms with E-state index >= 15 is 0 Å². The lowest BCUT2D eigenvalue weighted by molar-refractivity contribution is -0.154. The summed E-state index contributed by atoms with van der Waals surface area (Å²) in [5, 5.41) is 8.85. The Morgan fingerprint density at radius 3 is 2.76 bits per heavy atom. The predicted octanol–water partition coefficient (Wildman–Crippen LogP) is 1.31. The molecule has 0 amide bonds. The molecule has 1 aromatic rings. The zero-order chi connectivity index (χ0) is 12.7. The van der Waals surface area contributed by atoms with Gasteiger partial charge in [0.25, 0.3) is 0 Å². The first-order valence-corrected chi connectivity index (χ1v) is 5.13. The minimum absolute atomic E-state index is 0.0271. The van der Waals surface area contributed by atoms with Crippen molar-refractivity contribution in [2.45, 2.75) is 12.7 Å². The number of hydrogen-bond donors (Lipinski definition) is 1. The van der Waals surface area contributed by atoms with Crippen LogP contribution >= 0.6 is 0 Å².